The maximum absolute atomic E-state index is 13.0. The van der Waals surface area contributed by atoms with Crippen molar-refractivity contribution in [2.45, 2.75) is 6.54 Å². The summed E-state index contributed by atoms with van der Waals surface area (Å²) in [5, 5.41) is 4.17. The monoisotopic (exact) mass is 306 g/mol. The largest absolute Gasteiger partial charge is 0.383 e. The molecule has 0 saturated carbocycles. The second kappa shape index (κ2) is 6.92. The Kier molecular flexibility index (Phi) is 4.97. The van der Waals surface area contributed by atoms with Crippen LogP contribution in [-0.4, -0.2) is 29.4 Å². The lowest BCUT2D eigenvalue weighted by atomic mass is 10.1. The third kappa shape index (κ3) is 3.35. The minimum absolute atomic E-state index is 0.145. The highest BCUT2D eigenvalue weighted by Gasteiger charge is 2.15. The number of halogens is 1. The summed E-state index contributed by atoms with van der Waals surface area (Å²) >= 11 is 0. The Hall–Kier alpha value is -2.58. The zero-order valence-electron chi connectivity index (χ0n) is 11.9. The van der Waals surface area contributed by atoms with Gasteiger partial charge in [-0.2, -0.15) is 5.10 Å². The normalized spacial score (nSPS) is 10.5. The van der Waals surface area contributed by atoms with Crippen LogP contribution in [-0.2, 0) is 11.3 Å². The number of ether oxygens (including phenoxy) is 1. The molecule has 7 nitrogen and oxygen atoms in total. The molecule has 0 radical (unpaired) electrons. The van der Waals surface area contributed by atoms with E-state index in [1.807, 2.05) is 5.43 Å². The van der Waals surface area contributed by atoms with Gasteiger partial charge in [-0.15, -0.1) is 0 Å². The standard InChI is InChI=1S/C14H15FN4O3/c1-22-7-6-19-14(21)11(13(20)17-16)8-12(18-19)9-2-4-10(15)5-3-9/h2-5,8H,6-7,16H2,1H3,(H,17,20). The van der Waals surface area contributed by atoms with Crippen molar-refractivity contribution in [3.63, 3.8) is 0 Å². The average Bonchev–Trinajstić information content (AvgIpc) is 2.54. The lowest BCUT2D eigenvalue weighted by Gasteiger charge is -2.10. The zero-order chi connectivity index (χ0) is 16.1. The van der Waals surface area contributed by atoms with Crippen LogP contribution in [0.5, 0.6) is 0 Å². The first-order chi connectivity index (χ1) is 10.6. The van der Waals surface area contributed by atoms with Gasteiger partial charge in [-0.3, -0.25) is 15.0 Å². The topological polar surface area (TPSA) is 99.2 Å². The van der Waals surface area contributed by atoms with E-state index >= 15 is 0 Å². The Balaban J connectivity index is 2.56. The number of methoxy groups -OCH3 is 1. The van der Waals surface area contributed by atoms with E-state index in [-0.39, 0.29) is 18.7 Å². The van der Waals surface area contributed by atoms with Crippen LogP contribution >= 0.6 is 0 Å². The Morgan fingerprint density at radius 2 is 2.09 bits per heavy atom. The molecule has 0 aliphatic heterocycles. The highest BCUT2D eigenvalue weighted by Crippen LogP contribution is 2.17. The van der Waals surface area contributed by atoms with Crippen molar-refractivity contribution in [2.24, 2.45) is 5.84 Å². The quantitative estimate of drug-likeness (QED) is 0.470. The van der Waals surface area contributed by atoms with Gasteiger partial charge in [-0.05, 0) is 30.3 Å². The van der Waals surface area contributed by atoms with Gasteiger partial charge in [0.25, 0.3) is 11.5 Å². The number of amides is 1. The first kappa shape index (κ1) is 15.8. The minimum atomic E-state index is -0.720. The molecule has 22 heavy (non-hydrogen) atoms. The third-order valence-corrected chi connectivity index (χ3v) is 3.00. The highest BCUT2D eigenvalue weighted by molar-refractivity contribution is 5.94. The van der Waals surface area contributed by atoms with Crippen LogP contribution in [0.2, 0.25) is 0 Å². The molecule has 116 valence electrons. The van der Waals surface area contributed by atoms with E-state index in [4.69, 9.17) is 10.6 Å². The summed E-state index contributed by atoms with van der Waals surface area (Å²) in [6.45, 7) is 0.429. The number of nitrogens with two attached hydrogens (primary N) is 1. The summed E-state index contributed by atoms with van der Waals surface area (Å²) in [5.74, 6) is 3.98. The molecule has 1 aromatic heterocycles. The van der Waals surface area contributed by atoms with Gasteiger partial charge in [0.1, 0.15) is 11.4 Å². The van der Waals surface area contributed by atoms with Gasteiger partial charge in [0.2, 0.25) is 0 Å². The second-order valence-electron chi connectivity index (χ2n) is 4.44. The Labute approximate surface area is 125 Å². The summed E-state index contributed by atoms with van der Waals surface area (Å²) in [4.78, 5) is 23.9. The molecule has 0 atom stereocenters. The maximum Gasteiger partial charge on any atom is 0.279 e. The van der Waals surface area contributed by atoms with Gasteiger partial charge in [0.05, 0.1) is 18.8 Å². The lowest BCUT2D eigenvalue weighted by Crippen LogP contribution is -2.38. The van der Waals surface area contributed by atoms with Crippen molar-refractivity contribution in [1.82, 2.24) is 15.2 Å². The van der Waals surface area contributed by atoms with E-state index in [2.05, 4.69) is 5.10 Å². The molecule has 0 spiro atoms. The molecule has 1 amide bonds. The summed E-state index contributed by atoms with van der Waals surface area (Å²) < 4.78 is 19.0. The summed E-state index contributed by atoms with van der Waals surface area (Å²) in [6, 6.07) is 6.87. The van der Waals surface area contributed by atoms with E-state index in [9.17, 15) is 14.0 Å². The van der Waals surface area contributed by atoms with Crippen molar-refractivity contribution in [2.75, 3.05) is 13.7 Å². The zero-order valence-corrected chi connectivity index (χ0v) is 11.9. The Bertz CT molecular complexity index is 728. The molecule has 3 N–H and O–H groups in total. The first-order valence-electron chi connectivity index (χ1n) is 6.44. The van der Waals surface area contributed by atoms with Crippen molar-refractivity contribution in [3.05, 3.63) is 52.1 Å². The van der Waals surface area contributed by atoms with Crippen LogP contribution in [0, 0.1) is 5.82 Å². The SMILES string of the molecule is COCCn1nc(-c2ccc(F)cc2)cc(C(=O)NN)c1=O. The molecular formula is C14H15FN4O3. The molecule has 0 fully saturated rings. The molecule has 0 bridgehead atoms. The van der Waals surface area contributed by atoms with Crippen molar-refractivity contribution >= 4 is 5.91 Å². The molecule has 0 aliphatic carbocycles. The highest BCUT2D eigenvalue weighted by atomic mass is 19.1. The van der Waals surface area contributed by atoms with Gasteiger partial charge in [-0.1, -0.05) is 0 Å². The van der Waals surface area contributed by atoms with E-state index in [1.54, 1.807) is 0 Å². The van der Waals surface area contributed by atoms with E-state index < -0.39 is 17.3 Å². The van der Waals surface area contributed by atoms with Crippen LogP contribution in [0.1, 0.15) is 10.4 Å². The van der Waals surface area contributed by atoms with Crippen LogP contribution in [0.15, 0.2) is 35.1 Å². The van der Waals surface area contributed by atoms with Crippen molar-refractivity contribution in [1.29, 1.82) is 0 Å². The molecule has 1 heterocycles. The molecule has 0 aliphatic rings. The van der Waals surface area contributed by atoms with Crippen LogP contribution in [0.4, 0.5) is 4.39 Å². The summed E-state index contributed by atoms with van der Waals surface area (Å²) in [7, 11) is 1.49. The predicted molar refractivity (Wildman–Crippen MR) is 77.4 cm³/mol. The Morgan fingerprint density at radius 3 is 2.68 bits per heavy atom. The molecule has 2 rings (SSSR count). The van der Waals surface area contributed by atoms with E-state index in [0.717, 1.165) is 4.68 Å². The number of hydrazine groups is 1. The van der Waals surface area contributed by atoms with E-state index in [1.165, 1.54) is 37.4 Å². The number of carbonyl (C=O) groups is 1. The number of nitrogen functional groups attached to an aromatic ring is 1. The summed E-state index contributed by atoms with van der Waals surface area (Å²) in [6.07, 6.45) is 0. The first-order valence-corrected chi connectivity index (χ1v) is 6.44. The molecule has 8 heteroatoms. The average molecular weight is 306 g/mol. The number of nitrogens with zero attached hydrogens (tertiary/aromatic N) is 2. The number of rotatable bonds is 5. The number of aromatic nitrogens is 2. The fourth-order valence-electron chi connectivity index (χ4n) is 1.87. The van der Waals surface area contributed by atoms with Crippen LogP contribution in [0.3, 0.4) is 0 Å². The lowest BCUT2D eigenvalue weighted by molar-refractivity contribution is 0.0950. The number of hydrogen-bond acceptors (Lipinski definition) is 5. The van der Waals surface area contributed by atoms with Gasteiger partial charge < -0.3 is 4.74 Å². The number of nitrogens with one attached hydrogen (secondary N) is 1. The fraction of sp³-hybridized carbons (Fsp3) is 0.214. The smallest absolute Gasteiger partial charge is 0.279 e. The Morgan fingerprint density at radius 1 is 1.41 bits per heavy atom. The number of hydrogen-bond donors (Lipinski definition) is 2. The summed E-state index contributed by atoms with van der Waals surface area (Å²) in [5.41, 5.74) is 2.12. The van der Waals surface area contributed by atoms with Gasteiger partial charge >= 0.3 is 0 Å². The van der Waals surface area contributed by atoms with Gasteiger partial charge in [-0.25, -0.2) is 14.9 Å². The van der Waals surface area contributed by atoms with Gasteiger partial charge in [0, 0.05) is 12.7 Å². The molecule has 1 aromatic carbocycles. The van der Waals surface area contributed by atoms with E-state index in [0.29, 0.717) is 11.3 Å². The molecule has 0 saturated heterocycles. The number of carbonyl (C=O) groups excluding carboxylic acids is 1. The number of benzene rings is 1. The minimum Gasteiger partial charge on any atom is -0.383 e. The fourth-order valence-corrected chi connectivity index (χ4v) is 1.87. The molecular weight excluding hydrogens is 291 g/mol. The maximum atomic E-state index is 13.0. The van der Waals surface area contributed by atoms with Gasteiger partial charge in [0.15, 0.2) is 0 Å². The van der Waals surface area contributed by atoms with Crippen LogP contribution in [0.25, 0.3) is 11.3 Å². The second-order valence-corrected chi connectivity index (χ2v) is 4.44. The molecule has 2 aromatic rings. The molecule has 0 unspecified atom stereocenters. The van der Waals surface area contributed by atoms with Crippen LogP contribution < -0.4 is 16.8 Å². The van der Waals surface area contributed by atoms with Crippen molar-refractivity contribution < 1.29 is 13.9 Å². The van der Waals surface area contributed by atoms with Crippen molar-refractivity contribution in [3.8, 4) is 11.3 Å². The third-order valence-electron chi connectivity index (χ3n) is 3.00. The predicted octanol–water partition coefficient (Wildman–Crippen LogP) is 0.299.